The van der Waals surface area contributed by atoms with Crippen molar-refractivity contribution in [3.63, 3.8) is 0 Å². The summed E-state index contributed by atoms with van der Waals surface area (Å²) in [4.78, 5) is 9.91. The summed E-state index contributed by atoms with van der Waals surface area (Å²) in [5.41, 5.74) is 2.59. The van der Waals surface area contributed by atoms with E-state index in [1.165, 1.54) is 37.7 Å². The van der Waals surface area contributed by atoms with Gasteiger partial charge in [0.05, 0.1) is 0 Å². The Balaban J connectivity index is 2.02. The van der Waals surface area contributed by atoms with Crippen molar-refractivity contribution in [2.24, 2.45) is 0 Å². The van der Waals surface area contributed by atoms with Gasteiger partial charge in [-0.1, -0.05) is 19.3 Å². The van der Waals surface area contributed by atoms with Crippen molar-refractivity contribution >= 4 is 21.7 Å². The van der Waals surface area contributed by atoms with Crippen LogP contribution in [0.5, 0.6) is 0 Å². The van der Waals surface area contributed by atoms with Crippen LogP contribution in [0.1, 0.15) is 43.6 Å². The van der Waals surface area contributed by atoms with Crippen LogP contribution in [-0.2, 0) is 0 Å². The molecule has 2 heterocycles. The Hall–Kier alpha value is -0.960. The lowest BCUT2D eigenvalue weighted by Crippen LogP contribution is -2.03. The van der Waals surface area contributed by atoms with Crippen LogP contribution in [0.2, 0.25) is 0 Å². The van der Waals surface area contributed by atoms with E-state index in [-0.39, 0.29) is 0 Å². The molecule has 0 N–H and O–H groups in total. The molecule has 0 unspecified atom stereocenters. The Labute approximate surface area is 93.4 Å². The van der Waals surface area contributed by atoms with Crippen molar-refractivity contribution in [1.82, 2.24) is 9.97 Å². The highest BCUT2D eigenvalue weighted by Gasteiger charge is 2.19. The van der Waals surface area contributed by atoms with Gasteiger partial charge < -0.3 is 0 Å². The minimum Gasteiger partial charge on any atom is -0.252 e. The molecule has 0 radical (unpaired) electrons. The Morgan fingerprint density at radius 1 is 1.07 bits per heavy atom. The lowest BCUT2D eigenvalue weighted by molar-refractivity contribution is 0.446. The molecule has 15 heavy (non-hydrogen) atoms. The molecule has 78 valence electrons. The van der Waals surface area contributed by atoms with E-state index in [4.69, 9.17) is 0 Å². The van der Waals surface area contributed by atoms with Gasteiger partial charge in [-0.05, 0) is 29.7 Å². The highest BCUT2D eigenvalue weighted by atomic mass is 32.1. The number of nitrogens with zero attached hydrogens (tertiary/aromatic N) is 2. The van der Waals surface area contributed by atoms with Crippen LogP contribution in [0.4, 0.5) is 0 Å². The summed E-state index contributed by atoms with van der Waals surface area (Å²) in [6, 6.07) is 0. The molecule has 3 heteroatoms. The molecule has 1 aliphatic rings. The monoisotopic (exact) mass is 218 g/mol. The van der Waals surface area contributed by atoms with Crippen molar-refractivity contribution in [1.29, 1.82) is 0 Å². The van der Waals surface area contributed by atoms with Crippen LogP contribution in [0.15, 0.2) is 17.8 Å². The zero-order chi connectivity index (χ0) is 10.1. The smallest absolute Gasteiger partial charge is 0.142 e. The number of rotatable bonds is 1. The van der Waals surface area contributed by atoms with Crippen molar-refractivity contribution in [3.05, 3.63) is 23.3 Å². The second-order valence-corrected chi connectivity index (χ2v) is 5.09. The van der Waals surface area contributed by atoms with E-state index in [0.717, 1.165) is 16.3 Å². The van der Waals surface area contributed by atoms with Crippen LogP contribution in [0.25, 0.3) is 10.3 Å². The van der Waals surface area contributed by atoms with Gasteiger partial charge in [-0.3, -0.25) is 4.98 Å². The van der Waals surface area contributed by atoms with Gasteiger partial charge in [0.1, 0.15) is 10.3 Å². The van der Waals surface area contributed by atoms with Gasteiger partial charge in [0.2, 0.25) is 0 Å². The maximum atomic E-state index is 4.46. The van der Waals surface area contributed by atoms with E-state index >= 15 is 0 Å². The molecule has 1 saturated carbocycles. The van der Waals surface area contributed by atoms with Gasteiger partial charge in [-0.2, -0.15) is 0 Å². The molecule has 0 aromatic carbocycles. The quantitative estimate of drug-likeness (QED) is 0.728. The van der Waals surface area contributed by atoms with Gasteiger partial charge in [-0.25, -0.2) is 4.98 Å². The summed E-state index contributed by atoms with van der Waals surface area (Å²) in [6.45, 7) is 0. The normalized spacial score (nSPS) is 18.4. The van der Waals surface area contributed by atoms with E-state index in [1.807, 2.05) is 0 Å². The molecule has 3 rings (SSSR count). The average molecular weight is 218 g/mol. The zero-order valence-electron chi connectivity index (χ0n) is 8.65. The van der Waals surface area contributed by atoms with Gasteiger partial charge in [0, 0.05) is 12.4 Å². The highest BCUT2D eigenvalue weighted by molar-refractivity contribution is 7.16. The van der Waals surface area contributed by atoms with E-state index in [0.29, 0.717) is 0 Å². The largest absolute Gasteiger partial charge is 0.252 e. The van der Waals surface area contributed by atoms with Gasteiger partial charge in [0.25, 0.3) is 0 Å². The Morgan fingerprint density at radius 3 is 2.73 bits per heavy atom. The molecule has 0 spiro atoms. The SMILES string of the molecule is c1cnc2c(C3CCCCC3)csc2n1. The molecule has 2 aromatic heterocycles. The Kier molecular flexibility index (Phi) is 2.41. The fraction of sp³-hybridized carbons (Fsp3) is 0.500. The second kappa shape index (κ2) is 3.89. The fourth-order valence-electron chi connectivity index (χ4n) is 2.49. The molecule has 1 aliphatic carbocycles. The summed E-state index contributed by atoms with van der Waals surface area (Å²) < 4.78 is 0. The van der Waals surface area contributed by atoms with Crippen LogP contribution < -0.4 is 0 Å². The van der Waals surface area contributed by atoms with Crippen LogP contribution >= 0.6 is 11.3 Å². The van der Waals surface area contributed by atoms with Crippen molar-refractivity contribution in [2.75, 3.05) is 0 Å². The number of thiophene rings is 1. The molecule has 1 fully saturated rings. The zero-order valence-corrected chi connectivity index (χ0v) is 9.46. The van der Waals surface area contributed by atoms with Gasteiger partial charge in [-0.15, -0.1) is 11.3 Å². The summed E-state index contributed by atoms with van der Waals surface area (Å²) in [7, 11) is 0. The topological polar surface area (TPSA) is 25.8 Å². The lowest BCUT2D eigenvalue weighted by Gasteiger charge is -2.20. The third kappa shape index (κ3) is 1.65. The molecule has 0 amide bonds. The maximum Gasteiger partial charge on any atom is 0.142 e. The van der Waals surface area contributed by atoms with E-state index in [1.54, 1.807) is 23.7 Å². The standard InChI is InChI=1S/C12H14N2S/c1-2-4-9(5-3-1)10-8-15-12-11(10)13-6-7-14-12/h6-9H,1-5H2. The Morgan fingerprint density at radius 2 is 1.87 bits per heavy atom. The third-order valence-corrected chi connectivity index (χ3v) is 4.17. The molecule has 0 aliphatic heterocycles. The minimum atomic E-state index is 0.740. The third-order valence-electron chi connectivity index (χ3n) is 3.28. The first-order valence-corrected chi connectivity index (χ1v) is 6.51. The first-order chi connectivity index (χ1) is 7.45. The van der Waals surface area contributed by atoms with Crippen LogP contribution in [-0.4, -0.2) is 9.97 Å². The van der Waals surface area contributed by atoms with Crippen molar-refractivity contribution in [3.8, 4) is 0 Å². The highest BCUT2D eigenvalue weighted by Crippen LogP contribution is 2.37. The van der Waals surface area contributed by atoms with E-state index in [9.17, 15) is 0 Å². The molecule has 2 nitrogen and oxygen atoms in total. The maximum absolute atomic E-state index is 4.46. The fourth-order valence-corrected chi connectivity index (χ4v) is 3.43. The number of fused-ring (bicyclic) bond motifs is 1. The predicted octanol–water partition coefficient (Wildman–Crippen LogP) is 3.74. The van der Waals surface area contributed by atoms with E-state index < -0.39 is 0 Å². The first-order valence-electron chi connectivity index (χ1n) is 5.63. The number of aromatic nitrogens is 2. The van der Waals surface area contributed by atoms with Gasteiger partial charge >= 0.3 is 0 Å². The molecular weight excluding hydrogens is 204 g/mol. The van der Waals surface area contributed by atoms with Gasteiger partial charge in [0.15, 0.2) is 0 Å². The molecule has 2 aromatic rings. The summed E-state index contributed by atoms with van der Waals surface area (Å²) in [5.74, 6) is 0.740. The van der Waals surface area contributed by atoms with Crippen molar-refractivity contribution < 1.29 is 0 Å². The predicted molar refractivity (Wildman–Crippen MR) is 63.2 cm³/mol. The van der Waals surface area contributed by atoms with Crippen molar-refractivity contribution in [2.45, 2.75) is 38.0 Å². The first kappa shape index (κ1) is 9.28. The Bertz CT molecular complexity index is 457. The second-order valence-electron chi connectivity index (χ2n) is 4.24. The molecule has 0 atom stereocenters. The van der Waals surface area contributed by atoms with Crippen LogP contribution in [0.3, 0.4) is 0 Å². The van der Waals surface area contributed by atoms with Crippen LogP contribution in [0, 0.1) is 0 Å². The molecular formula is C12H14N2S. The van der Waals surface area contributed by atoms with E-state index in [2.05, 4.69) is 15.3 Å². The summed E-state index contributed by atoms with van der Waals surface area (Å²) >= 11 is 1.73. The molecule has 0 saturated heterocycles. The molecule has 0 bridgehead atoms. The summed E-state index contributed by atoms with van der Waals surface area (Å²) in [5, 5.41) is 2.26. The summed E-state index contributed by atoms with van der Waals surface area (Å²) in [6.07, 6.45) is 10.4. The number of hydrogen-bond acceptors (Lipinski definition) is 3. The minimum absolute atomic E-state index is 0.740. The number of hydrogen-bond donors (Lipinski definition) is 0. The average Bonchev–Trinajstić information content (AvgIpc) is 2.74. The lowest BCUT2D eigenvalue weighted by atomic mass is 9.85.